The minimum Gasteiger partial charge on any atom is -0.326 e. The maximum absolute atomic E-state index is 12.8. The van der Waals surface area contributed by atoms with Crippen molar-refractivity contribution in [3.63, 3.8) is 0 Å². The molecule has 4 nitrogen and oxygen atoms in total. The molecule has 1 aliphatic rings. The third-order valence-corrected chi connectivity index (χ3v) is 7.31. The molecule has 3 rings (SSSR count). The van der Waals surface area contributed by atoms with E-state index in [1.165, 1.54) is 18.2 Å². The number of amides is 2. The summed E-state index contributed by atoms with van der Waals surface area (Å²) < 4.78 is 0. The molecule has 1 aliphatic carbocycles. The lowest BCUT2D eigenvalue weighted by atomic mass is 9.88. The van der Waals surface area contributed by atoms with Gasteiger partial charge in [-0.05, 0) is 62.1 Å². The topological polar surface area (TPSA) is 58.2 Å². The number of carbonyl (C=O) groups excluding carboxylic acids is 2. The van der Waals surface area contributed by atoms with Gasteiger partial charge in [-0.15, -0.1) is 11.8 Å². The summed E-state index contributed by atoms with van der Waals surface area (Å²) in [6.45, 7) is 3.89. The number of hydrogen-bond acceptors (Lipinski definition) is 3. The smallest absolute Gasteiger partial charge is 0.237 e. The van der Waals surface area contributed by atoms with E-state index in [1.54, 1.807) is 0 Å². The Labute approximate surface area is 188 Å². The molecule has 1 saturated carbocycles. The lowest BCUT2D eigenvalue weighted by Crippen LogP contribution is -2.25. The zero-order valence-electron chi connectivity index (χ0n) is 17.5. The predicted molar refractivity (Wildman–Crippen MR) is 126 cm³/mol. The molecule has 0 saturated heterocycles. The normalized spacial score (nSPS) is 15.4. The van der Waals surface area contributed by atoms with Gasteiger partial charge >= 0.3 is 0 Å². The highest BCUT2D eigenvalue weighted by Crippen LogP contribution is 2.31. The molecular weight excluding hydrogens is 416 g/mol. The standard InChI is InChI=1S/C24H29ClN2O2S/c1-3-22(24(29)27-21-14-8-13-20(25)16(21)2)30-19-12-7-11-18(15-19)26-23(28)17-9-5-4-6-10-17/h7-8,11-15,17,22H,3-6,9-10H2,1-2H3,(H,26,28)(H,27,29). The van der Waals surface area contributed by atoms with Gasteiger partial charge in [0.2, 0.25) is 11.8 Å². The first-order valence-corrected chi connectivity index (χ1v) is 11.9. The largest absolute Gasteiger partial charge is 0.326 e. The molecule has 2 aromatic rings. The summed E-state index contributed by atoms with van der Waals surface area (Å²) in [6.07, 6.45) is 6.13. The van der Waals surface area contributed by atoms with E-state index in [2.05, 4.69) is 10.6 Å². The zero-order chi connectivity index (χ0) is 21.5. The Balaban J connectivity index is 1.63. The summed E-state index contributed by atoms with van der Waals surface area (Å²) in [5, 5.41) is 6.45. The Morgan fingerprint density at radius 3 is 2.57 bits per heavy atom. The van der Waals surface area contributed by atoms with Crippen molar-refractivity contribution >= 4 is 46.6 Å². The second kappa shape index (κ2) is 10.9. The average Bonchev–Trinajstić information content (AvgIpc) is 2.76. The van der Waals surface area contributed by atoms with Crippen LogP contribution in [0.5, 0.6) is 0 Å². The highest BCUT2D eigenvalue weighted by atomic mass is 35.5. The van der Waals surface area contributed by atoms with Gasteiger partial charge in [-0.25, -0.2) is 0 Å². The van der Waals surface area contributed by atoms with Gasteiger partial charge in [-0.1, -0.05) is 49.9 Å². The van der Waals surface area contributed by atoms with Gasteiger partial charge in [0.25, 0.3) is 0 Å². The highest BCUT2D eigenvalue weighted by Gasteiger charge is 2.22. The molecule has 1 atom stereocenters. The van der Waals surface area contributed by atoms with Crippen molar-refractivity contribution in [3.05, 3.63) is 53.1 Å². The van der Waals surface area contributed by atoms with Gasteiger partial charge in [0.1, 0.15) is 0 Å². The Morgan fingerprint density at radius 1 is 1.10 bits per heavy atom. The second-order valence-corrected chi connectivity index (χ2v) is 9.45. The lowest BCUT2D eigenvalue weighted by Gasteiger charge is -2.21. The summed E-state index contributed by atoms with van der Waals surface area (Å²) in [7, 11) is 0. The SMILES string of the molecule is CCC(Sc1cccc(NC(=O)C2CCCCC2)c1)C(=O)Nc1cccc(Cl)c1C. The minimum absolute atomic E-state index is 0.0514. The third kappa shape index (κ3) is 6.02. The molecule has 1 fully saturated rings. The molecule has 0 aliphatic heterocycles. The van der Waals surface area contributed by atoms with Crippen molar-refractivity contribution in [3.8, 4) is 0 Å². The fourth-order valence-corrected chi connectivity index (χ4v) is 4.89. The van der Waals surface area contributed by atoms with Gasteiger partial charge in [0, 0.05) is 27.2 Å². The van der Waals surface area contributed by atoms with Crippen LogP contribution in [0.3, 0.4) is 0 Å². The number of halogens is 1. The van der Waals surface area contributed by atoms with E-state index in [1.807, 2.05) is 56.3 Å². The van der Waals surface area contributed by atoms with E-state index in [-0.39, 0.29) is 23.0 Å². The van der Waals surface area contributed by atoms with Crippen LogP contribution in [0.2, 0.25) is 5.02 Å². The molecule has 0 aromatic heterocycles. The molecule has 0 spiro atoms. The number of nitrogens with one attached hydrogen (secondary N) is 2. The first-order valence-electron chi connectivity index (χ1n) is 10.6. The maximum atomic E-state index is 12.8. The van der Waals surface area contributed by atoms with Crippen molar-refractivity contribution in [1.82, 2.24) is 0 Å². The van der Waals surface area contributed by atoms with Crippen molar-refractivity contribution in [1.29, 1.82) is 0 Å². The molecule has 2 amide bonds. The summed E-state index contributed by atoms with van der Waals surface area (Å²) in [4.78, 5) is 26.3. The molecule has 2 aromatic carbocycles. The van der Waals surface area contributed by atoms with Crippen LogP contribution in [-0.2, 0) is 9.59 Å². The number of carbonyl (C=O) groups is 2. The van der Waals surface area contributed by atoms with Gasteiger partial charge in [-0.3, -0.25) is 9.59 Å². The number of hydrogen-bond donors (Lipinski definition) is 2. The average molecular weight is 445 g/mol. The molecule has 0 radical (unpaired) electrons. The Bertz CT molecular complexity index is 897. The van der Waals surface area contributed by atoms with Crippen LogP contribution in [-0.4, -0.2) is 17.1 Å². The van der Waals surface area contributed by atoms with Crippen LogP contribution in [0.25, 0.3) is 0 Å². The van der Waals surface area contributed by atoms with E-state index in [4.69, 9.17) is 11.6 Å². The first-order chi connectivity index (χ1) is 14.5. The quantitative estimate of drug-likeness (QED) is 0.468. The van der Waals surface area contributed by atoms with E-state index in [0.717, 1.165) is 47.5 Å². The number of rotatable bonds is 7. The lowest BCUT2D eigenvalue weighted by molar-refractivity contribution is -0.120. The van der Waals surface area contributed by atoms with Crippen molar-refractivity contribution in [2.45, 2.75) is 62.5 Å². The van der Waals surface area contributed by atoms with E-state index >= 15 is 0 Å². The Morgan fingerprint density at radius 2 is 1.83 bits per heavy atom. The first kappa shape index (κ1) is 22.7. The summed E-state index contributed by atoms with van der Waals surface area (Å²) >= 11 is 7.67. The van der Waals surface area contributed by atoms with Crippen molar-refractivity contribution in [2.75, 3.05) is 10.6 Å². The molecule has 6 heteroatoms. The van der Waals surface area contributed by atoms with Crippen molar-refractivity contribution < 1.29 is 9.59 Å². The van der Waals surface area contributed by atoms with Gasteiger partial charge in [-0.2, -0.15) is 0 Å². The Kier molecular flexibility index (Phi) is 8.23. The highest BCUT2D eigenvalue weighted by molar-refractivity contribution is 8.00. The fourth-order valence-electron chi connectivity index (χ4n) is 3.70. The van der Waals surface area contributed by atoms with Crippen LogP contribution < -0.4 is 10.6 Å². The molecule has 160 valence electrons. The van der Waals surface area contributed by atoms with Gasteiger partial charge < -0.3 is 10.6 Å². The number of thioether (sulfide) groups is 1. The second-order valence-electron chi connectivity index (χ2n) is 7.77. The van der Waals surface area contributed by atoms with Gasteiger partial charge in [0.05, 0.1) is 5.25 Å². The maximum Gasteiger partial charge on any atom is 0.237 e. The molecule has 0 bridgehead atoms. The van der Waals surface area contributed by atoms with Crippen LogP contribution in [0.4, 0.5) is 11.4 Å². The summed E-state index contributed by atoms with van der Waals surface area (Å²) in [5.41, 5.74) is 2.39. The monoisotopic (exact) mass is 444 g/mol. The molecular formula is C24H29ClN2O2S. The van der Waals surface area contributed by atoms with Gasteiger partial charge in [0.15, 0.2) is 0 Å². The Hall–Kier alpha value is -1.98. The van der Waals surface area contributed by atoms with Crippen LogP contribution >= 0.6 is 23.4 Å². The predicted octanol–water partition coefficient (Wildman–Crippen LogP) is 6.68. The van der Waals surface area contributed by atoms with E-state index in [0.29, 0.717) is 11.4 Å². The third-order valence-electron chi connectivity index (χ3n) is 5.54. The van der Waals surface area contributed by atoms with Crippen molar-refractivity contribution in [2.24, 2.45) is 5.92 Å². The molecule has 30 heavy (non-hydrogen) atoms. The molecule has 1 unspecified atom stereocenters. The fraction of sp³-hybridized carbons (Fsp3) is 0.417. The molecule has 2 N–H and O–H groups in total. The van der Waals surface area contributed by atoms with E-state index < -0.39 is 0 Å². The van der Waals surface area contributed by atoms with Crippen LogP contribution in [0, 0.1) is 12.8 Å². The molecule has 0 heterocycles. The van der Waals surface area contributed by atoms with Crippen LogP contribution in [0.15, 0.2) is 47.4 Å². The number of anilines is 2. The van der Waals surface area contributed by atoms with E-state index in [9.17, 15) is 9.59 Å². The zero-order valence-corrected chi connectivity index (χ0v) is 19.1. The minimum atomic E-state index is -0.243. The number of benzene rings is 2. The summed E-state index contributed by atoms with van der Waals surface area (Å²) in [6, 6.07) is 13.3. The summed E-state index contributed by atoms with van der Waals surface area (Å²) in [5.74, 6) is 0.174. The van der Waals surface area contributed by atoms with Crippen LogP contribution in [0.1, 0.15) is 51.0 Å².